The average Bonchev–Trinajstić information content (AvgIpc) is 2.92. The Bertz CT molecular complexity index is 589. The summed E-state index contributed by atoms with van der Waals surface area (Å²) < 4.78 is 0. The van der Waals surface area contributed by atoms with Gasteiger partial charge in [0.15, 0.2) is 0 Å². The Morgan fingerprint density at radius 2 is 2.00 bits per heavy atom. The average molecular weight is 291 g/mol. The third kappa shape index (κ3) is 3.30. The molecule has 3 nitrogen and oxygen atoms in total. The van der Waals surface area contributed by atoms with Crippen molar-refractivity contribution in [1.29, 1.82) is 0 Å². The molecule has 4 heteroatoms. The minimum atomic E-state index is 0. The molecule has 0 spiro atoms. The summed E-state index contributed by atoms with van der Waals surface area (Å²) in [5, 5.41) is 8.71. The van der Waals surface area contributed by atoms with E-state index in [-0.39, 0.29) is 18.3 Å². The lowest BCUT2D eigenvalue weighted by atomic mass is 10.0. The molecule has 1 fully saturated rings. The van der Waals surface area contributed by atoms with Gasteiger partial charge >= 0.3 is 0 Å². The highest BCUT2D eigenvalue weighted by atomic mass is 35.5. The van der Waals surface area contributed by atoms with Gasteiger partial charge in [-0.05, 0) is 29.3 Å². The van der Waals surface area contributed by atoms with Gasteiger partial charge in [-0.25, -0.2) is 0 Å². The Hall–Kier alpha value is -1.58. The molecule has 2 aromatic carbocycles. The van der Waals surface area contributed by atoms with Crippen LogP contribution in [0.2, 0.25) is 0 Å². The SMILES string of the molecule is Cl.O=C(Cc1cccc2ccccc12)NC1CCNC1. The smallest absolute Gasteiger partial charge is 0.224 e. The zero-order valence-corrected chi connectivity index (χ0v) is 12.1. The Labute approximate surface area is 125 Å². The second-order valence-corrected chi connectivity index (χ2v) is 5.07. The Kier molecular flexibility index (Phi) is 4.99. The number of carbonyl (C=O) groups excluding carboxylic acids is 1. The zero-order chi connectivity index (χ0) is 13.1. The molecule has 20 heavy (non-hydrogen) atoms. The monoisotopic (exact) mass is 290 g/mol. The molecule has 1 unspecified atom stereocenters. The molecule has 1 amide bonds. The van der Waals surface area contributed by atoms with Gasteiger partial charge in [0.25, 0.3) is 0 Å². The van der Waals surface area contributed by atoms with Crippen LogP contribution in [0.5, 0.6) is 0 Å². The second kappa shape index (κ2) is 6.73. The number of amides is 1. The van der Waals surface area contributed by atoms with Crippen molar-refractivity contribution < 1.29 is 4.79 Å². The van der Waals surface area contributed by atoms with Crippen LogP contribution < -0.4 is 10.6 Å². The second-order valence-electron chi connectivity index (χ2n) is 5.07. The Morgan fingerprint density at radius 3 is 2.80 bits per heavy atom. The molecular formula is C16H19ClN2O. The van der Waals surface area contributed by atoms with E-state index < -0.39 is 0 Å². The van der Waals surface area contributed by atoms with Crippen LogP contribution >= 0.6 is 12.4 Å². The van der Waals surface area contributed by atoms with Gasteiger partial charge in [-0.15, -0.1) is 12.4 Å². The number of carbonyl (C=O) groups is 1. The van der Waals surface area contributed by atoms with E-state index >= 15 is 0 Å². The summed E-state index contributed by atoms with van der Waals surface area (Å²) in [6.07, 6.45) is 1.49. The van der Waals surface area contributed by atoms with Crippen molar-refractivity contribution in [2.45, 2.75) is 18.9 Å². The first kappa shape index (κ1) is 14.8. The largest absolute Gasteiger partial charge is 0.352 e. The first-order valence-corrected chi connectivity index (χ1v) is 6.79. The van der Waals surface area contributed by atoms with Crippen molar-refractivity contribution in [2.24, 2.45) is 0 Å². The van der Waals surface area contributed by atoms with Gasteiger partial charge < -0.3 is 10.6 Å². The summed E-state index contributed by atoms with van der Waals surface area (Å²) in [5.41, 5.74) is 1.10. The fraction of sp³-hybridized carbons (Fsp3) is 0.312. The number of rotatable bonds is 3. The van der Waals surface area contributed by atoms with Gasteiger partial charge in [-0.1, -0.05) is 42.5 Å². The van der Waals surface area contributed by atoms with Crippen molar-refractivity contribution in [1.82, 2.24) is 10.6 Å². The quantitative estimate of drug-likeness (QED) is 0.911. The summed E-state index contributed by atoms with van der Waals surface area (Å²) in [7, 11) is 0. The standard InChI is InChI=1S/C16H18N2O.ClH/c19-16(18-14-8-9-17-11-14)10-13-6-3-5-12-4-1-2-7-15(12)13;/h1-7,14,17H,8-11H2,(H,18,19);1H. The van der Waals surface area contributed by atoms with Gasteiger partial charge in [0.2, 0.25) is 5.91 Å². The van der Waals surface area contributed by atoms with E-state index in [0.717, 1.165) is 25.1 Å². The fourth-order valence-corrected chi connectivity index (χ4v) is 2.68. The predicted molar refractivity (Wildman–Crippen MR) is 84.3 cm³/mol. The van der Waals surface area contributed by atoms with Gasteiger partial charge in [-0.2, -0.15) is 0 Å². The fourth-order valence-electron chi connectivity index (χ4n) is 2.68. The van der Waals surface area contributed by atoms with E-state index in [0.29, 0.717) is 12.5 Å². The van der Waals surface area contributed by atoms with Crippen LogP contribution in [0.4, 0.5) is 0 Å². The van der Waals surface area contributed by atoms with Crippen LogP contribution in [-0.4, -0.2) is 25.0 Å². The molecule has 106 valence electrons. The molecule has 1 aliphatic heterocycles. The highest BCUT2D eigenvalue weighted by molar-refractivity contribution is 5.90. The molecule has 0 radical (unpaired) electrons. The number of hydrogen-bond donors (Lipinski definition) is 2. The number of nitrogens with one attached hydrogen (secondary N) is 2. The summed E-state index contributed by atoms with van der Waals surface area (Å²) in [5.74, 6) is 0.116. The summed E-state index contributed by atoms with van der Waals surface area (Å²) in [6.45, 7) is 1.89. The highest BCUT2D eigenvalue weighted by Gasteiger charge is 2.17. The van der Waals surface area contributed by atoms with Gasteiger partial charge in [0.05, 0.1) is 6.42 Å². The van der Waals surface area contributed by atoms with Crippen LogP contribution in [-0.2, 0) is 11.2 Å². The van der Waals surface area contributed by atoms with Crippen LogP contribution in [0, 0.1) is 0 Å². The molecule has 0 bridgehead atoms. The van der Waals surface area contributed by atoms with Gasteiger partial charge in [0.1, 0.15) is 0 Å². The minimum absolute atomic E-state index is 0. The molecule has 1 aliphatic rings. The van der Waals surface area contributed by atoms with Crippen LogP contribution in [0.1, 0.15) is 12.0 Å². The van der Waals surface area contributed by atoms with Crippen molar-refractivity contribution in [3.63, 3.8) is 0 Å². The zero-order valence-electron chi connectivity index (χ0n) is 11.3. The number of benzene rings is 2. The third-order valence-electron chi connectivity index (χ3n) is 3.66. The Balaban J connectivity index is 0.00000147. The van der Waals surface area contributed by atoms with E-state index in [1.54, 1.807) is 0 Å². The number of halogens is 1. The summed E-state index contributed by atoms with van der Waals surface area (Å²) in [4.78, 5) is 12.1. The molecule has 1 saturated heterocycles. The van der Waals surface area contributed by atoms with Crippen molar-refractivity contribution in [2.75, 3.05) is 13.1 Å². The lowest BCUT2D eigenvalue weighted by Crippen LogP contribution is -2.37. The molecule has 1 heterocycles. The van der Waals surface area contributed by atoms with E-state index in [1.807, 2.05) is 24.3 Å². The van der Waals surface area contributed by atoms with Crippen molar-refractivity contribution in [3.05, 3.63) is 48.0 Å². The predicted octanol–water partition coefficient (Wildman–Crippen LogP) is 2.28. The van der Waals surface area contributed by atoms with Crippen molar-refractivity contribution >= 4 is 29.1 Å². The van der Waals surface area contributed by atoms with E-state index in [4.69, 9.17) is 0 Å². The van der Waals surface area contributed by atoms with E-state index in [2.05, 4.69) is 28.8 Å². The van der Waals surface area contributed by atoms with E-state index in [9.17, 15) is 4.79 Å². The maximum absolute atomic E-state index is 12.1. The minimum Gasteiger partial charge on any atom is -0.352 e. The maximum atomic E-state index is 12.1. The highest BCUT2D eigenvalue weighted by Crippen LogP contribution is 2.18. The van der Waals surface area contributed by atoms with Gasteiger partial charge in [0, 0.05) is 12.6 Å². The number of fused-ring (bicyclic) bond motifs is 1. The molecule has 1 atom stereocenters. The third-order valence-corrected chi connectivity index (χ3v) is 3.66. The lowest BCUT2D eigenvalue weighted by Gasteiger charge is -2.12. The molecular weight excluding hydrogens is 272 g/mol. The molecule has 0 saturated carbocycles. The van der Waals surface area contributed by atoms with Gasteiger partial charge in [-0.3, -0.25) is 4.79 Å². The molecule has 2 N–H and O–H groups in total. The van der Waals surface area contributed by atoms with Crippen LogP contribution in [0.15, 0.2) is 42.5 Å². The molecule has 0 aliphatic carbocycles. The van der Waals surface area contributed by atoms with E-state index in [1.165, 1.54) is 10.8 Å². The first-order chi connectivity index (χ1) is 9.33. The van der Waals surface area contributed by atoms with Crippen LogP contribution in [0.3, 0.4) is 0 Å². The number of hydrogen-bond acceptors (Lipinski definition) is 2. The molecule has 2 aromatic rings. The first-order valence-electron chi connectivity index (χ1n) is 6.79. The Morgan fingerprint density at radius 1 is 1.20 bits per heavy atom. The summed E-state index contributed by atoms with van der Waals surface area (Å²) >= 11 is 0. The lowest BCUT2D eigenvalue weighted by molar-refractivity contribution is -0.121. The molecule has 0 aromatic heterocycles. The molecule has 3 rings (SSSR count). The normalized spacial score (nSPS) is 17.7. The maximum Gasteiger partial charge on any atom is 0.224 e. The van der Waals surface area contributed by atoms with Crippen LogP contribution in [0.25, 0.3) is 10.8 Å². The topological polar surface area (TPSA) is 41.1 Å². The van der Waals surface area contributed by atoms with Crippen molar-refractivity contribution in [3.8, 4) is 0 Å². The summed E-state index contributed by atoms with van der Waals surface area (Å²) in [6, 6.07) is 14.6.